The van der Waals surface area contributed by atoms with Gasteiger partial charge in [-0.25, -0.2) is 9.97 Å². The maximum absolute atomic E-state index is 4.36. The van der Waals surface area contributed by atoms with Crippen molar-refractivity contribution >= 4 is 17.3 Å². The molecule has 0 radical (unpaired) electrons. The predicted octanol–water partition coefficient (Wildman–Crippen LogP) is 3.13. The van der Waals surface area contributed by atoms with Gasteiger partial charge in [0.25, 0.3) is 0 Å². The highest BCUT2D eigenvalue weighted by atomic mass is 15.2. The smallest absolute Gasteiger partial charge is 0.135 e. The molecule has 0 atom stereocenters. The van der Waals surface area contributed by atoms with Crippen molar-refractivity contribution in [3.8, 4) is 0 Å². The quantitative estimate of drug-likeness (QED) is 0.913. The first-order chi connectivity index (χ1) is 9.33. The van der Waals surface area contributed by atoms with Crippen LogP contribution in [0.5, 0.6) is 0 Å². The number of hydrogen-bond donors (Lipinski definition) is 1. The normalized spacial score (nSPS) is 14.7. The molecule has 2 aromatic rings. The first-order valence-electron chi connectivity index (χ1n) is 6.72. The van der Waals surface area contributed by atoms with Crippen LogP contribution in [0.1, 0.15) is 18.4 Å². The average molecular weight is 254 g/mol. The summed E-state index contributed by atoms with van der Waals surface area (Å²) in [6.45, 7) is 4.28. The zero-order valence-electron chi connectivity index (χ0n) is 11.1. The average Bonchev–Trinajstić information content (AvgIpc) is 2.96. The van der Waals surface area contributed by atoms with E-state index in [-0.39, 0.29) is 0 Å². The van der Waals surface area contributed by atoms with Gasteiger partial charge in [0.1, 0.15) is 18.0 Å². The lowest BCUT2D eigenvalue weighted by atomic mass is 10.2. The molecule has 0 spiro atoms. The van der Waals surface area contributed by atoms with Crippen LogP contribution in [-0.4, -0.2) is 23.1 Å². The lowest BCUT2D eigenvalue weighted by Gasteiger charge is -2.17. The van der Waals surface area contributed by atoms with Crippen molar-refractivity contribution in [2.24, 2.45) is 0 Å². The standard InChI is InChI=1S/C15H18N4/c1-12-6-2-3-7-13(12)18-14-10-15(17-11-16-14)19-8-4-5-9-19/h2-3,6-7,10-11H,4-5,8-9H2,1H3,(H,16,17,18). The second-order valence-corrected chi connectivity index (χ2v) is 4.90. The van der Waals surface area contributed by atoms with Gasteiger partial charge in [0.2, 0.25) is 0 Å². The minimum absolute atomic E-state index is 0.853. The lowest BCUT2D eigenvalue weighted by Crippen LogP contribution is -2.19. The summed E-state index contributed by atoms with van der Waals surface area (Å²) < 4.78 is 0. The molecule has 4 nitrogen and oxygen atoms in total. The molecule has 1 aromatic heterocycles. The Balaban J connectivity index is 1.81. The molecule has 2 heterocycles. The van der Waals surface area contributed by atoms with Crippen molar-refractivity contribution in [1.82, 2.24) is 9.97 Å². The Labute approximate surface area is 113 Å². The Hall–Kier alpha value is -2.10. The summed E-state index contributed by atoms with van der Waals surface area (Å²) in [6.07, 6.45) is 4.14. The zero-order valence-corrected chi connectivity index (χ0v) is 11.1. The highest BCUT2D eigenvalue weighted by molar-refractivity contribution is 5.62. The highest BCUT2D eigenvalue weighted by Gasteiger charge is 2.14. The number of nitrogens with one attached hydrogen (secondary N) is 1. The van der Waals surface area contributed by atoms with Crippen LogP contribution < -0.4 is 10.2 Å². The lowest BCUT2D eigenvalue weighted by molar-refractivity contribution is 0.928. The molecule has 1 aromatic carbocycles. The molecule has 1 N–H and O–H groups in total. The number of hydrogen-bond acceptors (Lipinski definition) is 4. The van der Waals surface area contributed by atoms with Crippen molar-refractivity contribution in [1.29, 1.82) is 0 Å². The van der Waals surface area contributed by atoms with Gasteiger partial charge in [-0.2, -0.15) is 0 Å². The van der Waals surface area contributed by atoms with Crippen molar-refractivity contribution in [3.63, 3.8) is 0 Å². The molecule has 1 saturated heterocycles. The number of anilines is 3. The summed E-state index contributed by atoms with van der Waals surface area (Å²) in [5, 5.41) is 3.36. The Bertz CT molecular complexity index is 562. The molecule has 4 heteroatoms. The fraction of sp³-hybridized carbons (Fsp3) is 0.333. The van der Waals surface area contributed by atoms with E-state index in [1.165, 1.54) is 18.4 Å². The number of benzene rings is 1. The summed E-state index contributed by atoms with van der Waals surface area (Å²) in [5.74, 6) is 1.87. The maximum atomic E-state index is 4.36. The Morgan fingerprint density at radius 1 is 1.11 bits per heavy atom. The summed E-state index contributed by atoms with van der Waals surface area (Å²) in [4.78, 5) is 11.0. The molecule has 0 bridgehead atoms. The highest BCUT2D eigenvalue weighted by Crippen LogP contribution is 2.22. The largest absolute Gasteiger partial charge is 0.356 e. The van der Waals surface area contributed by atoms with E-state index in [4.69, 9.17) is 0 Å². The second-order valence-electron chi connectivity index (χ2n) is 4.90. The predicted molar refractivity (Wildman–Crippen MR) is 77.9 cm³/mol. The summed E-state index contributed by atoms with van der Waals surface area (Å²) in [5.41, 5.74) is 2.30. The van der Waals surface area contributed by atoms with Crippen molar-refractivity contribution in [2.45, 2.75) is 19.8 Å². The number of aromatic nitrogens is 2. The third-order valence-electron chi connectivity index (χ3n) is 3.49. The van der Waals surface area contributed by atoms with E-state index in [1.807, 2.05) is 18.2 Å². The van der Waals surface area contributed by atoms with Gasteiger partial charge < -0.3 is 10.2 Å². The SMILES string of the molecule is Cc1ccccc1Nc1cc(N2CCCC2)ncn1. The molecule has 0 amide bonds. The van der Waals surface area contributed by atoms with E-state index in [1.54, 1.807) is 6.33 Å². The molecule has 0 aliphatic carbocycles. The summed E-state index contributed by atoms with van der Waals surface area (Å²) in [6, 6.07) is 10.2. The zero-order chi connectivity index (χ0) is 13.1. The van der Waals surface area contributed by atoms with Gasteiger partial charge in [-0.15, -0.1) is 0 Å². The first kappa shape index (κ1) is 12.0. The van der Waals surface area contributed by atoms with Crippen molar-refractivity contribution in [3.05, 3.63) is 42.2 Å². The van der Waals surface area contributed by atoms with Crippen LogP contribution in [0.2, 0.25) is 0 Å². The van der Waals surface area contributed by atoms with Crippen LogP contribution in [0.3, 0.4) is 0 Å². The second kappa shape index (κ2) is 5.26. The van der Waals surface area contributed by atoms with Crippen molar-refractivity contribution < 1.29 is 0 Å². The maximum Gasteiger partial charge on any atom is 0.135 e. The van der Waals surface area contributed by atoms with E-state index in [0.29, 0.717) is 0 Å². The Morgan fingerprint density at radius 3 is 2.68 bits per heavy atom. The minimum atomic E-state index is 0.853. The molecule has 1 aliphatic heterocycles. The molecular weight excluding hydrogens is 236 g/mol. The van der Waals surface area contributed by atoms with E-state index >= 15 is 0 Å². The Morgan fingerprint density at radius 2 is 1.89 bits per heavy atom. The van der Waals surface area contributed by atoms with Gasteiger partial charge in [0.05, 0.1) is 0 Å². The monoisotopic (exact) mass is 254 g/mol. The number of para-hydroxylation sites is 1. The molecule has 19 heavy (non-hydrogen) atoms. The van der Waals surface area contributed by atoms with Crippen LogP contribution in [0.25, 0.3) is 0 Å². The van der Waals surface area contributed by atoms with Gasteiger partial charge in [0, 0.05) is 24.8 Å². The van der Waals surface area contributed by atoms with Gasteiger partial charge in [-0.1, -0.05) is 18.2 Å². The van der Waals surface area contributed by atoms with Crippen LogP contribution in [-0.2, 0) is 0 Å². The molecule has 3 rings (SSSR count). The Kier molecular flexibility index (Phi) is 3.31. The van der Waals surface area contributed by atoms with E-state index in [0.717, 1.165) is 30.4 Å². The van der Waals surface area contributed by atoms with E-state index in [2.05, 4.69) is 39.2 Å². The first-order valence-corrected chi connectivity index (χ1v) is 6.72. The molecule has 1 aliphatic rings. The van der Waals surface area contributed by atoms with Gasteiger partial charge in [-0.3, -0.25) is 0 Å². The van der Waals surface area contributed by atoms with Gasteiger partial charge >= 0.3 is 0 Å². The molecule has 98 valence electrons. The number of nitrogens with zero attached hydrogens (tertiary/aromatic N) is 3. The third kappa shape index (κ3) is 2.67. The van der Waals surface area contributed by atoms with E-state index < -0.39 is 0 Å². The minimum Gasteiger partial charge on any atom is -0.356 e. The third-order valence-corrected chi connectivity index (χ3v) is 3.49. The van der Waals surface area contributed by atoms with Crippen LogP contribution in [0, 0.1) is 6.92 Å². The van der Waals surface area contributed by atoms with Gasteiger partial charge in [0.15, 0.2) is 0 Å². The van der Waals surface area contributed by atoms with Gasteiger partial charge in [-0.05, 0) is 31.4 Å². The molecule has 0 saturated carbocycles. The number of rotatable bonds is 3. The number of aryl methyl sites for hydroxylation is 1. The molecule has 1 fully saturated rings. The van der Waals surface area contributed by atoms with Crippen LogP contribution in [0.15, 0.2) is 36.7 Å². The molecular formula is C15H18N4. The topological polar surface area (TPSA) is 41.0 Å². The fourth-order valence-corrected chi connectivity index (χ4v) is 2.39. The van der Waals surface area contributed by atoms with Crippen LogP contribution in [0.4, 0.5) is 17.3 Å². The molecule has 0 unspecified atom stereocenters. The van der Waals surface area contributed by atoms with Crippen LogP contribution >= 0.6 is 0 Å². The summed E-state index contributed by atoms with van der Waals surface area (Å²) >= 11 is 0. The van der Waals surface area contributed by atoms with E-state index in [9.17, 15) is 0 Å². The summed E-state index contributed by atoms with van der Waals surface area (Å²) in [7, 11) is 0. The fourth-order valence-electron chi connectivity index (χ4n) is 2.39. The van der Waals surface area contributed by atoms with Crippen molar-refractivity contribution in [2.75, 3.05) is 23.3 Å².